The van der Waals surface area contributed by atoms with Crippen molar-refractivity contribution in [3.8, 4) is 17.2 Å². The Hall–Kier alpha value is -2.58. The Morgan fingerprint density at radius 3 is 2.52 bits per heavy atom. The molecule has 3 aromatic rings. The number of hydrogen-bond acceptors (Lipinski definition) is 5. The van der Waals surface area contributed by atoms with Gasteiger partial charge < -0.3 is 14.4 Å². The summed E-state index contributed by atoms with van der Waals surface area (Å²) in [6.45, 7) is 5.41. The lowest BCUT2D eigenvalue weighted by Crippen LogP contribution is -2.42. The highest BCUT2D eigenvalue weighted by Crippen LogP contribution is 2.37. The molecule has 3 rings (SSSR count). The van der Waals surface area contributed by atoms with Crippen LogP contribution >= 0.6 is 27.5 Å². The first-order valence-corrected chi connectivity index (χ1v) is 11.7. The predicted molar refractivity (Wildman–Crippen MR) is 134 cm³/mol. The summed E-state index contributed by atoms with van der Waals surface area (Å²) in [4.78, 5) is 33.3. The summed E-state index contributed by atoms with van der Waals surface area (Å²) in [5, 5.41) is 0.456. The number of methoxy groups -OCH3 is 2. The van der Waals surface area contributed by atoms with Crippen LogP contribution in [0.1, 0.15) is 32.6 Å². The summed E-state index contributed by atoms with van der Waals surface area (Å²) < 4.78 is 13.0. The van der Waals surface area contributed by atoms with Crippen LogP contribution in [0.5, 0.6) is 11.5 Å². The van der Waals surface area contributed by atoms with Crippen molar-refractivity contribution >= 4 is 44.3 Å². The number of hydrogen-bond donors (Lipinski definition) is 0. The largest absolute Gasteiger partial charge is 0.497 e. The number of amides is 1. The van der Waals surface area contributed by atoms with Crippen molar-refractivity contribution in [3.63, 3.8) is 0 Å². The van der Waals surface area contributed by atoms with Gasteiger partial charge in [0, 0.05) is 25.1 Å². The lowest BCUT2D eigenvalue weighted by Gasteiger charge is -2.33. The van der Waals surface area contributed by atoms with E-state index in [2.05, 4.69) is 15.9 Å². The van der Waals surface area contributed by atoms with Crippen LogP contribution < -0.4 is 15.0 Å². The van der Waals surface area contributed by atoms with Crippen molar-refractivity contribution in [2.45, 2.75) is 26.8 Å². The van der Waals surface area contributed by atoms with Crippen molar-refractivity contribution in [1.29, 1.82) is 0 Å². The first-order valence-electron chi connectivity index (χ1n) is 10.3. The number of carbonyl (C=O) groups excluding carboxylic acids is 1. The minimum atomic E-state index is -0.772. The summed E-state index contributed by atoms with van der Waals surface area (Å²) in [6, 6.07) is 10.0. The fraction of sp³-hybridized carbons (Fsp3) is 0.375. The highest BCUT2D eigenvalue weighted by Gasteiger charge is 2.34. The van der Waals surface area contributed by atoms with Crippen molar-refractivity contribution in [2.75, 3.05) is 27.1 Å². The van der Waals surface area contributed by atoms with E-state index in [-0.39, 0.29) is 17.3 Å². The van der Waals surface area contributed by atoms with E-state index in [1.807, 2.05) is 13.0 Å². The Morgan fingerprint density at radius 2 is 1.91 bits per heavy atom. The van der Waals surface area contributed by atoms with E-state index in [1.165, 1.54) is 18.8 Å². The Balaban J connectivity index is 2.35. The molecule has 0 aliphatic rings. The van der Waals surface area contributed by atoms with E-state index in [1.54, 1.807) is 56.1 Å². The average molecular weight is 537 g/mol. The van der Waals surface area contributed by atoms with Gasteiger partial charge in [0.05, 0.1) is 46.7 Å². The minimum Gasteiger partial charge on any atom is -0.497 e. The van der Waals surface area contributed by atoms with Crippen LogP contribution in [-0.4, -0.2) is 47.5 Å². The zero-order valence-corrected chi connectivity index (χ0v) is 21.8. The Kier molecular flexibility index (Phi) is 7.39. The molecule has 9 heteroatoms. The van der Waals surface area contributed by atoms with Crippen LogP contribution in [0.3, 0.4) is 0 Å². The molecular formula is C24H27BrClN3O4. The number of ether oxygens (including phenoxy) is 2. The normalized spacial score (nSPS) is 12.5. The molecule has 0 saturated carbocycles. The third-order valence-corrected chi connectivity index (χ3v) is 7.14. The van der Waals surface area contributed by atoms with Crippen molar-refractivity contribution < 1.29 is 14.3 Å². The van der Waals surface area contributed by atoms with Gasteiger partial charge in [0.2, 0.25) is 5.91 Å². The fourth-order valence-electron chi connectivity index (χ4n) is 3.53. The molecule has 1 unspecified atom stereocenters. The molecule has 0 spiro atoms. The standard InChI is InChI=1S/C24H27BrClN3O4/c1-14(28(4)23(31)24(2,3)13-26)21-27-17-10-8-7-9-16(17)22(30)29(21)18-11-15(32-5)12-19(33-6)20(18)25/h7-12,14H,13H2,1-6H3. The number of aromatic nitrogens is 2. The Bertz CT molecular complexity index is 1260. The van der Waals surface area contributed by atoms with Crippen molar-refractivity contribution in [3.05, 3.63) is 57.0 Å². The van der Waals surface area contributed by atoms with Crippen LogP contribution in [0.2, 0.25) is 0 Å². The maximum Gasteiger partial charge on any atom is 0.266 e. The summed E-state index contributed by atoms with van der Waals surface area (Å²) in [5.74, 6) is 1.42. The molecular weight excluding hydrogens is 510 g/mol. The van der Waals surface area contributed by atoms with E-state index in [0.717, 1.165) is 0 Å². The number of nitrogens with zero attached hydrogens (tertiary/aromatic N) is 3. The van der Waals surface area contributed by atoms with E-state index in [0.29, 0.717) is 38.4 Å². The molecule has 2 aromatic carbocycles. The molecule has 0 fully saturated rings. The molecule has 1 atom stereocenters. The summed E-state index contributed by atoms with van der Waals surface area (Å²) in [5.41, 5.74) is 0.000426. The number of rotatable bonds is 7. The number of alkyl halides is 1. The van der Waals surface area contributed by atoms with Crippen LogP contribution in [0.4, 0.5) is 0 Å². The molecule has 1 aromatic heterocycles. The van der Waals surface area contributed by atoms with E-state index in [9.17, 15) is 9.59 Å². The molecule has 0 aliphatic heterocycles. The topological polar surface area (TPSA) is 73.7 Å². The highest BCUT2D eigenvalue weighted by molar-refractivity contribution is 9.10. The second kappa shape index (κ2) is 9.73. The van der Waals surface area contributed by atoms with Crippen LogP contribution in [0.25, 0.3) is 16.6 Å². The predicted octanol–water partition coefficient (Wildman–Crippen LogP) is 4.95. The first kappa shape index (κ1) is 25.1. The molecule has 1 amide bonds. The van der Waals surface area contributed by atoms with Gasteiger partial charge in [0.1, 0.15) is 17.3 Å². The second-order valence-corrected chi connectivity index (χ2v) is 9.46. The second-order valence-electron chi connectivity index (χ2n) is 8.40. The summed E-state index contributed by atoms with van der Waals surface area (Å²) in [6.07, 6.45) is 0. The van der Waals surface area contributed by atoms with Gasteiger partial charge in [0.15, 0.2) is 0 Å². The van der Waals surface area contributed by atoms with Crippen molar-refractivity contribution in [1.82, 2.24) is 14.5 Å². The number of benzene rings is 2. The third-order valence-electron chi connectivity index (χ3n) is 5.68. The quantitative estimate of drug-likeness (QED) is 0.400. The molecule has 0 aliphatic carbocycles. The maximum atomic E-state index is 13.7. The SMILES string of the molecule is COc1cc(OC)c(Br)c(-n2c(C(C)N(C)C(=O)C(C)(C)CCl)nc3ccccc3c2=O)c1. The van der Waals surface area contributed by atoms with Gasteiger partial charge in [0.25, 0.3) is 5.56 Å². The Labute approximate surface area is 206 Å². The molecule has 33 heavy (non-hydrogen) atoms. The molecule has 0 N–H and O–H groups in total. The van der Waals surface area contributed by atoms with Gasteiger partial charge in [-0.3, -0.25) is 14.2 Å². The first-order chi connectivity index (χ1) is 15.6. The number of fused-ring (bicyclic) bond motifs is 1. The van der Waals surface area contributed by atoms with Gasteiger partial charge in [-0.15, -0.1) is 11.6 Å². The van der Waals surface area contributed by atoms with Crippen LogP contribution in [-0.2, 0) is 4.79 Å². The van der Waals surface area contributed by atoms with E-state index < -0.39 is 11.5 Å². The van der Waals surface area contributed by atoms with Gasteiger partial charge in [-0.25, -0.2) is 4.98 Å². The lowest BCUT2D eigenvalue weighted by molar-refractivity contribution is -0.140. The lowest BCUT2D eigenvalue weighted by atomic mass is 9.94. The zero-order valence-electron chi connectivity index (χ0n) is 19.5. The third kappa shape index (κ3) is 4.59. The summed E-state index contributed by atoms with van der Waals surface area (Å²) >= 11 is 9.61. The number of para-hydroxylation sites is 1. The fourth-order valence-corrected chi connectivity index (χ4v) is 4.22. The highest BCUT2D eigenvalue weighted by atomic mass is 79.9. The number of halogens is 2. The van der Waals surface area contributed by atoms with Crippen molar-refractivity contribution in [2.24, 2.45) is 5.41 Å². The average Bonchev–Trinajstić information content (AvgIpc) is 2.83. The molecule has 7 nitrogen and oxygen atoms in total. The molecule has 0 saturated heterocycles. The molecule has 176 valence electrons. The Morgan fingerprint density at radius 1 is 1.24 bits per heavy atom. The van der Waals surface area contributed by atoms with Gasteiger partial charge >= 0.3 is 0 Å². The molecule has 1 heterocycles. The van der Waals surface area contributed by atoms with Gasteiger partial charge in [-0.05, 0) is 48.8 Å². The van der Waals surface area contributed by atoms with Crippen LogP contribution in [0, 0.1) is 5.41 Å². The van der Waals surface area contributed by atoms with E-state index >= 15 is 0 Å². The van der Waals surface area contributed by atoms with Crippen LogP contribution in [0.15, 0.2) is 45.7 Å². The molecule has 0 radical (unpaired) electrons. The number of carbonyl (C=O) groups is 1. The molecule has 0 bridgehead atoms. The monoisotopic (exact) mass is 535 g/mol. The zero-order chi connectivity index (χ0) is 24.5. The van der Waals surface area contributed by atoms with E-state index in [4.69, 9.17) is 26.1 Å². The van der Waals surface area contributed by atoms with Gasteiger partial charge in [-0.2, -0.15) is 0 Å². The smallest absolute Gasteiger partial charge is 0.266 e. The maximum absolute atomic E-state index is 13.7. The summed E-state index contributed by atoms with van der Waals surface area (Å²) in [7, 11) is 4.77. The van der Waals surface area contributed by atoms with Gasteiger partial charge in [-0.1, -0.05) is 12.1 Å². The minimum absolute atomic E-state index is 0.152.